The van der Waals surface area contributed by atoms with Gasteiger partial charge in [-0.15, -0.1) is 0 Å². The van der Waals surface area contributed by atoms with E-state index in [1.165, 1.54) is 0 Å². The van der Waals surface area contributed by atoms with E-state index in [1.54, 1.807) is 32.9 Å². The van der Waals surface area contributed by atoms with Gasteiger partial charge in [0.05, 0.1) is 6.10 Å². The standard InChI is InChI=1S/C17H25ClN2O3/c1-16(2,3)23-15(22)20-11-4-5-13(14(18)10-11)17(19)8-6-12(21)7-9-17/h4-5,10,12,21H,6-9,19H2,1-3H3,(H,20,22). The van der Waals surface area contributed by atoms with Crippen molar-refractivity contribution in [2.24, 2.45) is 5.73 Å². The molecule has 2 rings (SSSR count). The van der Waals surface area contributed by atoms with Crippen LogP contribution in [0.5, 0.6) is 0 Å². The molecular formula is C17H25ClN2O3. The topological polar surface area (TPSA) is 84.6 Å². The normalized spacial score (nSPS) is 25.0. The number of hydrogen-bond donors (Lipinski definition) is 3. The van der Waals surface area contributed by atoms with Gasteiger partial charge in [0.1, 0.15) is 5.60 Å². The molecule has 6 heteroatoms. The number of carbonyl (C=O) groups is 1. The fourth-order valence-corrected chi connectivity index (χ4v) is 3.17. The molecule has 1 amide bonds. The fourth-order valence-electron chi connectivity index (χ4n) is 2.81. The van der Waals surface area contributed by atoms with Gasteiger partial charge in [-0.1, -0.05) is 17.7 Å². The minimum atomic E-state index is -0.557. The van der Waals surface area contributed by atoms with E-state index in [1.807, 2.05) is 6.07 Å². The molecular weight excluding hydrogens is 316 g/mol. The highest BCUT2D eigenvalue weighted by molar-refractivity contribution is 6.31. The molecule has 1 aliphatic rings. The molecule has 0 heterocycles. The first-order chi connectivity index (χ1) is 10.6. The number of anilines is 1. The lowest BCUT2D eigenvalue weighted by Crippen LogP contribution is -2.41. The Kier molecular flexibility index (Phi) is 5.23. The SMILES string of the molecule is CC(C)(C)OC(=O)Nc1ccc(C2(N)CCC(O)CC2)c(Cl)c1. The van der Waals surface area contributed by atoms with E-state index in [4.69, 9.17) is 22.1 Å². The Morgan fingerprint density at radius 1 is 1.39 bits per heavy atom. The van der Waals surface area contributed by atoms with Crippen LogP contribution in [0.15, 0.2) is 18.2 Å². The number of amides is 1. The molecule has 1 fully saturated rings. The minimum Gasteiger partial charge on any atom is -0.444 e. The molecule has 0 atom stereocenters. The number of aliphatic hydroxyl groups excluding tert-OH is 1. The summed E-state index contributed by atoms with van der Waals surface area (Å²) in [4.78, 5) is 11.8. The van der Waals surface area contributed by atoms with Gasteiger partial charge >= 0.3 is 6.09 Å². The van der Waals surface area contributed by atoms with Crippen molar-refractivity contribution in [2.75, 3.05) is 5.32 Å². The maximum atomic E-state index is 11.8. The summed E-state index contributed by atoms with van der Waals surface area (Å²) in [5.74, 6) is 0. The number of rotatable bonds is 2. The largest absolute Gasteiger partial charge is 0.444 e. The number of hydrogen-bond acceptors (Lipinski definition) is 4. The van der Waals surface area contributed by atoms with Crippen molar-refractivity contribution in [2.45, 2.75) is 63.7 Å². The first kappa shape index (κ1) is 18.0. The van der Waals surface area contributed by atoms with Crippen LogP contribution < -0.4 is 11.1 Å². The molecule has 0 saturated heterocycles. The first-order valence-corrected chi connectivity index (χ1v) is 8.24. The molecule has 0 aromatic heterocycles. The second-order valence-corrected chi connectivity index (χ2v) is 7.62. The zero-order valence-corrected chi connectivity index (χ0v) is 14.6. The van der Waals surface area contributed by atoms with Gasteiger partial charge in [0.2, 0.25) is 0 Å². The lowest BCUT2D eigenvalue weighted by atomic mass is 9.76. The predicted molar refractivity (Wildman–Crippen MR) is 91.6 cm³/mol. The maximum absolute atomic E-state index is 11.8. The Labute approximate surface area is 142 Å². The van der Waals surface area contributed by atoms with Gasteiger partial charge in [0.15, 0.2) is 0 Å². The average molecular weight is 341 g/mol. The molecule has 0 bridgehead atoms. The molecule has 1 saturated carbocycles. The van der Waals surface area contributed by atoms with Crippen LogP contribution >= 0.6 is 11.6 Å². The predicted octanol–water partition coefficient (Wildman–Crippen LogP) is 3.78. The number of carbonyl (C=O) groups excluding carboxylic acids is 1. The van der Waals surface area contributed by atoms with Gasteiger partial charge < -0.3 is 15.6 Å². The minimum absolute atomic E-state index is 0.279. The van der Waals surface area contributed by atoms with Gasteiger partial charge in [-0.2, -0.15) is 0 Å². The Bertz CT molecular complexity index is 576. The molecule has 1 aromatic rings. The summed E-state index contributed by atoms with van der Waals surface area (Å²) in [6, 6.07) is 5.29. The van der Waals surface area contributed by atoms with Crippen molar-refractivity contribution >= 4 is 23.4 Å². The summed E-state index contributed by atoms with van der Waals surface area (Å²) < 4.78 is 5.21. The summed E-state index contributed by atoms with van der Waals surface area (Å²) in [6.45, 7) is 5.41. The summed E-state index contributed by atoms with van der Waals surface area (Å²) in [5.41, 5.74) is 6.80. The van der Waals surface area contributed by atoms with E-state index in [9.17, 15) is 9.90 Å². The third kappa shape index (κ3) is 4.83. The number of aliphatic hydroxyl groups is 1. The summed E-state index contributed by atoms with van der Waals surface area (Å²) in [7, 11) is 0. The highest BCUT2D eigenvalue weighted by atomic mass is 35.5. The van der Waals surface area contributed by atoms with E-state index in [0.717, 1.165) is 5.56 Å². The third-order valence-corrected chi connectivity index (χ3v) is 4.31. The Morgan fingerprint density at radius 2 is 2.00 bits per heavy atom. The van der Waals surface area contributed by atoms with Crippen molar-refractivity contribution in [3.63, 3.8) is 0 Å². The monoisotopic (exact) mass is 340 g/mol. The summed E-state index contributed by atoms with van der Waals surface area (Å²) >= 11 is 6.37. The van der Waals surface area contributed by atoms with E-state index >= 15 is 0 Å². The molecule has 1 aromatic carbocycles. The molecule has 0 radical (unpaired) electrons. The Balaban J connectivity index is 2.10. The van der Waals surface area contributed by atoms with E-state index in [2.05, 4.69) is 5.32 Å². The Morgan fingerprint density at radius 3 is 2.52 bits per heavy atom. The smallest absolute Gasteiger partial charge is 0.412 e. The highest BCUT2D eigenvalue weighted by Crippen LogP contribution is 2.39. The average Bonchev–Trinajstić information content (AvgIpc) is 2.40. The van der Waals surface area contributed by atoms with Crippen LogP contribution in [0.2, 0.25) is 5.02 Å². The van der Waals surface area contributed by atoms with Crippen LogP contribution in [-0.4, -0.2) is 22.9 Å². The van der Waals surface area contributed by atoms with Gasteiger partial charge in [-0.3, -0.25) is 5.32 Å². The number of benzene rings is 1. The van der Waals surface area contributed by atoms with Gasteiger partial charge in [0, 0.05) is 16.2 Å². The second-order valence-electron chi connectivity index (χ2n) is 7.21. The van der Waals surface area contributed by atoms with Gasteiger partial charge in [0.25, 0.3) is 0 Å². The van der Waals surface area contributed by atoms with E-state index in [-0.39, 0.29) is 6.10 Å². The molecule has 128 valence electrons. The molecule has 5 nitrogen and oxygen atoms in total. The van der Waals surface area contributed by atoms with Crippen molar-refractivity contribution in [3.8, 4) is 0 Å². The molecule has 4 N–H and O–H groups in total. The van der Waals surface area contributed by atoms with Crippen LogP contribution in [0, 0.1) is 0 Å². The molecule has 0 unspecified atom stereocenters. The summed E-state index contributed by atoms with van der Waals surface area (Å²) in [5, 5.41) is 12.8. The summed E-state index contributed by atoms with van der Waals surface area (Å²) in [6.07, 6.45) is 1.91. The van der Waals surface area contributed by atoms with Crippen LogP contribution in [0.4, 0.5) is 10.5 Å². The van der Waals surface area contributed by atoms with Crippen LogP contribution in [0.1, 0.15) is 52.0 Å². The molecule has 0 spiro atoms. The molecule has 0 aliphatic heterocycles. The van der Waals surface area contributed by atoms with E-state index < -0.39 is 17.2 Å². The lowest BCUT2D eigenvalue weighted by Gasteiger charge is -2.36. The van der Waals surface area contributed by atoms with Crippen molar-refractivity contribution in [3.05, 3.63) is 28.8 Å². The number of nitrogens with two attached hydrogens (primary N) is 1. The van der Waals surface area contributed by atoms with Crippen LogP contribution in [-0.2, 0) is 10.3 Å². The van der Waals surface area contributed by atoms with Crippen molar-refractivity contribution < 1.29 is 14.6 Å². The van der Waals surface area contributed by atoms with Gasteiger partial charge in [-0.25, -0.2) is 4.79 Å². The third-order valence-electron chi connectivity index (χ3n) is 4.00. The number of ether oxygens (including phenoxy) is 1. The first-order valence-electron chi connectivity index (χ1n) is 7.86. The van der Waals surface area contributed by atoms with Gasteiger partial charge in [-0.05, 0) is 64.2 Å². The van der Waals surface area contributed by atoms with Crippen LogP contribution in [0.3, 0.4) is 0 Å². The zero-order chi connectivity index (χ0) is 17.3. The lowest BCUT2D eigenvalue weighted by molar-refractivity contribution is 0.0636. The van der Waals surface area contributed by atoms with E-state index in [0.29, 0.717) is 36.4 Å². The molecule has 23 heavy (non-hydrogen) atoms. The van der Waals surface area contributed by atoms with Crippen molar-refractivity contribution in [1.82, 2.24) is 0 Å². The highest BCUT2D eigenvalue weighted by Gasteiger charge is 2.34. The quantitative estimate of drug-likeness (QED) is 0.765. The molecule has 1 aliphatic carbocycles. The maximum Gasteiger partial charge on any atom is 0.412 e. The fraction of sp³-hybridized carbons (Fsp3) is 0.588. The second kappa shape index (κ2) is 6.67. The number of nitrogens with one attached hydrogen (secondary N) is 1. The Hall–Kier alpha value is -1.30. The number of halogens is 1. The van der Waals surface area contributed by atoms with Crippen LogP contribution in [0.25, 0.3) is 0 Å². The van der Waals surface area contributed by atoms with Crippen molar-refractivity contribution in [1.29, 1.82) is 0 Å². The zero-order valence-electron chi connectivity index (χ0n) is 13.9.